The number of amides is 1. The summed E-state index contributed by atoms with van der Waals surface area (Å²) in [6, 6.07) is 11.4. The van der Waals surface area contributed by atoms with Gasteiger partial charge in [0.2, 0.25) is 0 Å². The van der Waals surface area contributed by atoms with Gasteiger partial charge in [0, 0.05) is 5.57 Å². The fourth-order valence-electron chi connectivity index (χ4n) is 2.13. The zero-order valence-corrected chi connectivity index (χ0v) is 14.5. The van der Waals surface area contributed by atoms with Gasteiger partial charge in [0.1, 0.15) is 5.82 Å². The maximum atomic E-state index is 13.1. The molecule has 1 N–H and O–H groups in total. The second-order valence-electron chi connectivity index (χ2n) is 5.40. The molecule has 2 aromatic carbocycles. The minimum atomic E-state index is -4.00. The van der Waals surface area contributed by atoms with Gasteiger partial charge in [-0.15, -0.1) is 6.58 Å². The maximum Gasteiger partial charge on any atom is 0.265 e. The lowest BCUT2D eigenvalue weighted by molar-refractivity contribution is -0.114. The topological polar surface area (TPSA) is 63.2 Å². The molecule has 0 aliphatic carbocycles. The number of nitrogens with one attached hydrogen (secondary N) is 1. The van der Waals surface area contributed by atoms with Crippen molar-refractivity contribution >= 4 is 21.5 Å². The normalized spacial score (nSPS) is 11.8. The third-order valence-electron chi connectivity index (χ3n) is 3.45. The Labute approximate surface area is 146 Å². The molecule has 0 aliphatic heterocycles. The van der Waals surface area contributed by atoms with Crippen molar-refractivity contribution in [1.82, 2.24) is 4.72 Å². The fraction of sp³-hybridized carbons (Fsp3) is 0.105. The van der Waals surface area contributed by atoms with Crippen LogP contribution in [0.15, 0.2) is 72.2 Å². The van der Waals surface area contributed by atoms with Crippen LogP contribution < -0.4 is 4.72 Å². The molecule has 0 aromatic heterocycles. The molecule has 0 fully saturated rings. The maximum absolute atomic E-state index is 13.1. The first kappa shape index (κ1) is 18.6. The number of hydrogen-bond donors (Lipinski definition) is 1. The van der Waals surface area contributed by atoms with Gasteiger partial charge in [0.15, 0.2) is 0 Å². The standard InChI is InChI=1S/C19H18FNO3S/c1-3-4-5-18(15-8-10-16(20)11-9-15)19(22)21-25(23,24)17-12-6-14(2)7-13-17/h3,5-13H,1,4H2,2H3,(H,21,22)/b18-5-. The van der Waals surface area contributed by atoms with E-state index in [1.807, 2.05) is 6.92 Å². The van der Waals surface area contributed by atoms with Crippen LogP contribution in [0.3, 0.4) is 0 Å². The molecular formula is C19H18FNO3S. The van der Waals surface area contributed by atoms with Crippen LogP contribution in [0.1, 0.15) is 17.5 Å². The number of halogens is 1. The van der Waals surface area contributed by atoms with Gasteiger partial charge in [-0.1, -0.05) is 42.0 Å². The van der Waals surface area contributed by atoms with E-state index in [1.54, 1.807) is 24.3 Å². The second-order valence-corrected chi connectivity index (χ2v) is 7.08. The van der Waals surface area contributed by atoms with Crippen LogP contribution in [0.25, 0.3) is 5.57 Å². The first-order chi connectivity index (χ1) is 11.8. The molecule has 6 heteroatoms. The Bertz CT molecular complexity index is 899. The number of carbonyl (C=O) groups excluding carboxylic acids is 1. The van der Waals surface area contributed by atoms with Crippen molar-refractivity contribution in [1.29, 1.82) is 0 Å². The van der Waals surface area contributed by atoms with Crippen molar-refractivity contribution in [2.75, 3.05) is 0 Å². The number of benzene rings is 2. The summed E-state index contributed by atoms with van der Waals surface area (Å²) in [4.78, 5) is 12.5. The van der Waals surface area contributed by atoms with Crippen molar-refractivity contribution in [3.05, 3.63) is 84.2 Å². The molecule has 1 amide bonds. The first-order valence-corrected chi connectivity index (χ1v) is 9.02. The quantitative estimate of drug-likeness (QED) is 0.633. The van der Waals surface area contributed by atoms with E-state index >= 15 is 0 Å². The van der Waals surface area contributed by atoms with Crippen LogP contribution in [0.4, 0.5) is 4.39 Å². The second kappa shape index (κ2) is 7.90. The lowest BCUT2D eigenvalue weighted by Gasteiger charge is -2.10. The molecule has 0 atom stereocenters. The lowest BCUT2D eigenvalue weighted by atomic mass is 10.0. The van der Waals surface area contributed by atoms with Crippen LogP contribution in [0.5, 0.6) is 0 Å². The SMILES string of the molecule is C=CC/C=C(\C(=O)NS(=O)(=O)c1ccc(C)cc1)c1ccc(F)cc1. The summed E-state index contributed by atoms with van der Waals surface area (Å²) < 4.78 is 39.9. The number of aryl methyl sites for hydroxylation is 1. The monoisotopic (exact) mass is 359 g/mol. The van der Waals surface area contributed by atoms with Gasteiger partial charge in [-0.25, -0.2) is 17.5 Å². The van der Waals surface area contributed by atoms with Gasteiger partial charge in [-0.3, -0.25) is 4.79 Å². The van der Waals surface area contributed by atoms with Gasteiger partial charge >= 0.3 is 0 Å². The van der Waals surface area contributed by atoms with E-state index in [0.717, 1.165) is 5.56 Å². The zero-order chi connectivity index (χ0) is 18.4. The molecular weight excluding hydrogens is 341 g/mol. The molecule has 0 heterocycles. The van der Waals surface area contributed by atoms with Crippen molar-refractivity contribution < 1.29 is 17.6 Å². The molecule has 2 rings (SSSR count). The Hall–Kier alpha value is -2.73. The average Bonchev–Trinajstić information content (AvgIpc) is 2.56. The van der Waals surface area contributed by atoms with Gasteiger partial charge in [-0.2, -0.15) is 0 Å². The molecule has 0 saturated heterocycles. The number of hydrogen-bond acceptors (Lipinski definition) is 3. The highest BCUT2D eigenvalue weighted by molar-refractivity contribution is 7.90. The predicted octanol–water partition coefficient (Wildman–Crippen LogP) is 3.60. The Kier molecular flexibility index (Phi) is 5.88. The smallest absolute Gasteiger partial charge is 0.265 e. The summed E-state index contributed by atoms with van der Waals surface area (Å²) in [6.45, 7) is 5.41. The Morgan fingerprint density at radius 3 is 2.28 bits per heavy atom. The summed E-state index contributed by atoms with van der Waals surface area (Å²) in [5.74, 6) is -1.23. The summed E-state index contributed by atoms with van der Waals surface area (Å²) in [5.41, 5.74) is 1.46. The Balaban J connectivity index is 2.32. The van der Waals surface area contributed by atoms with Gasteiger partial charge in [-0.05, 0) is 43.2 Å². The van der Waals surface area contributed by atoms with Crippen molar-refractivity contribution in [2.24, 2.45) is 0 Å². The van der Waals surface area contributed by atoms with E-state index in [-0.39, 0.29) is 10.5 Å². The van der Waals surface area contributed by atoms with Gasteiger partial charge in [0.05, 0.1) is 4.90 Å². The van der Waals surface area contributed by atoms with E-state index in [9.17, 15) is 17.6 Å². The summed E-state index contributed by atoms with van der Waals surface area (Å²) in [6.07, 6.45) is 3.48. The van der Waals surface area contributed by atoms with E-state index in [0.29, 0.717) is 12.0 Å². The molecule has 0 aliphatic rings. The highest BCUT2D eigenvalue weighted by atomic mass is 32.2. The molecule has 2 aromatic rings. The van der Waals surface area contributed by atoms with E-state index in [1.165, 1.54) is 36.4 Å². The van der Waals surface area contributed by atoms with Crippen molar-refractivity contribution in [3.8, 4) is 0 Å². The summed E-state index contributed by atoms with van der Waals surface area (Å²) in [5, 5.41) is 0. The van der Waals surface area contributed by atoms with E-state index in [2.05, 4.69) is 11.3 Å². The predicted molar refractivity (Wildman–Crippen MR) is 95.7 cm³/mol. The minimum Gasteiger partial charge on any atom is -0.268 e. The third kappa shape index (κ3) is 4.87. The molecule has 0 bridgehead atoms. The van der Waals surface area contributed by atoms with Gasteiger partial charge in [0.25, 0.3) is 15.9 Å². The van der Waals surface area contributed by atoms with Crippen molar-refractivity contribution in [3.63, 3.8) is 0 Å². The largest absolute Gasteiger partial charge is 0.268 e. The summed E-state index contributed by atoms with van der Waals surface area (Å²) in [7, 11) is -4.00. The molecule has 0 unspecified atom stereocenters. The van der Waals surface area contributed by atoms with Crippen molar-refractivity contribution in [2.45, 2.75) is 18.2 Å². The highest BCUT2D eigenvalue weighted by Gasteiger charge is 2.21. The minimum absolute atomic E-state index is 0.00590. The molecule has 0 saturated carbocycles. The number of allylic oxidation sites excluding steroid dienone is 2. The molecule has 25 heavy (non-hydrogen) atoms. The van der Waals surface area contributed by atoms with Crippen LogP contribution in [-0.2, 0) is 14.8 Å². The van der Waals surface area contributed by atoms with Crippen LogP contribution in [-0.4, -0.2) is 14.3 Å². The fourth-order valence-corrected chi connectivity index (χ4v) is 3.09. The summed E-state index contributed by atoms with van der Waals surface area (Å²) >= 11 is 0. The van der Waals surface area contributed by atoms with Gasteiger partial charge < -0.3 is 0 Å². The number of sulfonamides is 1. The molecule has 0 radical (unpaired) electrons. The third-order valence-corrected chi connectivity index (χ3v) is 4.79. The molecule has 130 valence electrons. The average molecular weight is 359 g/mol. The molecule has 4 nitrogen and oxygen atoms in total. The van der Waals surface area contributed by atoms with Crippen LogP contribution >= 0.6 is 0 Å². The van der Waals surface area contributed by atoms with E-state index in [4.69, 9.17) is 0 Å². The first-order valence-electron chi connectivity index (χ1n) is 7.54. The van der Waals surface area contributed by atoms with Crippen LogP contribution in [0, 0.1) is 12.7 Å². The zero-order valence-electron chi connectivity index (χ0n) is 13.7. The highest BCUT2D eigenvalue weighted by Crippen LogP contribution is 2.18. The number of carbonyl (C=O) groups is 1. The Morgan fingerprint density at radius 2 is 1.72 bits per heavy atom. The Morgan fingerprint density at radius 1 is 1.12 bits per heavy atom. The number of rotatable bonds is 6. The van der Waals surface area contributed by atoms with Crippen LogP contribution in [0.2, 0.25) is 0 Å². The lowest BCUT2D eigenvalue weighted by Crippen LogP contribution is -2.31. The van der Waals surface area contributed by atoms with E-state index < -0.39 is 21.7 Å². The molecule has 0 spiro atoms.